The smallest absolute Gasteiger partial charge is 0.237 e. The lowest BCUT2D eigenvalue weighted by Crippen LogP contribution is -2.23. The van der Waals surface area contributed by atoms with Crippen LogP contribution in [-0.4, -0.2) is 36.7 Å². The number of Topliss-reactive ketones (excluding diaryl/α,β-unsaturated/α-hetero) is 1. The van der Waals surface area contributed by atoms with Gasteiger partial charge in [-0.3, -0.25) is 19.1 Å². The highest BCUT2D eigenvalue weighted by molar-refractivity contribution is 8.00. The molecule has 0 aliphatic heterocycles. The van der Waals surface area contributed by atoms with Gasteiger partial charge in [-0.15, -0.1) is 10.2 Å². The average molecular weight is 458 g/mol. The Kier molecular flexibility index (Phi) is 6.95. The van der Waals surface area contributed by atoms with Crippen LogP contribution in [0.25, 0.3) is 11.4 Å². The number of carbonyl (C=O) groups is 2. The molecular weight excluding hydrogens is 434 g/mol. The number of benzene rings is 2. The van der Waals surface area contributed by atoms with Crippen LogP contribution < -0.4 is 5.32 Å². The van der Waals surface area contributed by atoms with E-state index in [1.807, 2.05) is 54.0 Å². The van der Waals surface area contributed by atoms with Gasteiger partial charge >= 0.3 is 0 Å². The fourth-order valence-corrected chi connectivity index (χ4v) is 4.09. The molecule has 1 amide bonds. The van der Waals surface area contributed by atoms with Crippen LogP contribution in [0.4, 0.5) is 5.69 Å². The van der Waals surface area contributed by atoms with Gasteiger partial charge in [0.1, 0.15) is 0 Å². The van der Waals surface area contributed by atoms with E-state index in [0.29, 0.717) is 28.8 Å². The topological polar surface area (TPSA) is 89.8 Å². The maximum atomic E-state index is 12.8. The summed E-state index contributed by atoms with van der Waals surface area (Å²) in [5, 5.41) is 11.9. The van der Waals surface area contributed by atoms with Crippen LogP contribution in [0.1, 0.15) is 29.8 Å². The van der Waals surface area contributed by atoms with Crippen LogP contribution in [-0.2, 0) is 11.3 Å². The predicted molar refractivity (Wildman–Crippen MR) is 129 cm³/mol. The summed E-state index contributed by atoms with van der Waals surface area (Å²) in [4.78, 5) is 28.5. The van der Waals surface area contributed by atoms with E-state index >= 15 is 0 Å². The first kappa shape index (κ1) is 22.4. The second-order valence-electron chi connectivity index (χ2n) is 7.50. The van der Waals surface area contributed by atoms with Crippen molar-refractivity contribution in [3.63, 3.8) is 0 Å². The zero-order valence-corrected chi connectivity index (χ0v) is 19.1. The number of pyridine rings is 1. The van der Waals surface area contributed by atoms with Crippen molar-refractivity contribution in [1.82, 2.24) is 19.7 Å². The van der Waals surface area contributed by atoms with Gasteiger partial charge in [0.2, 0.25) is 5.91 Å². The molecule has 0 bridgehead atoms. The Morgan fingerprint density at radius 3 is 2.42 bits per heavy atom. The first-order chi connectivity index (χ1) is 16.0. The zero-order chi connectivity index (χ0) is 23.2. The minimum absolute atomic E-state index is 0.0148. The normalized spacial score (nSPS) is 11.7. The number of hydrogen-bond donors (Lipinski definition) is 1. The van der Waals surface area contributed by atoms with Crippen LogP contribution in [0.15, 0.2) is 84.3 Å². The minimum atomic E-state index is -0.419. The number of anilines is 1. The van der Waals surface area contributed by atoms with Crippen molar-refractivity contribution in [2.75, 3.05) is 5.32 Å². The monoisotopic (exact) mass is 457 g/mol. The molecule has 7 nitrogen and oxygen atoms in total. The van der Waals surface area contributed by atoms with Gasteiger partial charge in [0.25, 0.3) is 0 Å². The fraction of sp³-hybridized carbons (Fsp3) is 0.160. The van der Waals surface area contributed by atoms with Crippen LogP contribution in [0.5, 0.6) is 0 Å². The van der Waals surface area contributed by atoms with E-state index in [1.54, 1.807) is 36.7 Å². The standard InChI is InChI=1S/C25H23N5O2S/c1-17(31)20-10-12-22(13-11-20)27-24(32)18(2)33-25-29-28-23(21-9-6-14-26-15-21)30(25)16-19-7-4-3-5-8-19/h3-15,18H,16H2,1-2H3,(H,27,32)/t18-/m0/s1. The van der Waals surface area contributed by atoms with Crippen molar-refractivity contribution in [3.8, 4) is 11.4 Å². The van der Waals surface area contributed by atoms with Crippen LogP contribution >= 0.6 is 11.8 Å². The maximum absolute atomic E-state index is 12.8. The van der Waals surface area contributed by atoms with Crippen LogP contribution in [0.2, 0.25) is 0 Å². The van der Waals surface area contributed by atoms with Crippen molar-refractivity contribution in [3.05, 3.63) is 90.3 Å². The summed E-state index contributed by atoms with van der Waals surface area (Å²) >= 11 is 1.34. The third-order valence-electron chi connectivity index (χ3n) is 5.03. The molecule has 0 aliphatic rings. The lowest BCUT2D eigenvalue weighted by atomic mass is 10.1. The first-order valence-corrected chi connectivity index (χ1v) is 11.4. The third-order valence-corrected chi connectivity index (χ3v) is 6.11. The highest BCUT2D eigenvalue weighted by atomic mass is 32.2. The molecule has 2 aromatic heterocycles. The third kappa shape index (κ3) is 5.53. The van der Waals surface area contributed by atoms with E-state index in [9.17, 15) is 9.59 Å². The molecular formula is C25H23N5O2S. The number of ketones is 1. The molecule has 166 valence electrons. The zero-order valence-electron chi connectivity index (χ0n) is 18.3. The van der Waals surface area contributed by atoms with Crippen molar-refractivity contribution in [2.24, 2.45) is 0 Å². The molecule has 0 aliphatic carbocycles. The van der Waals surface area contributed by atoms with E-state index in [-0.39, 0.29) is 11.7 Å². The second kappa shape index (κ2) is 10.2. The predicted octanol–water partition coefficient (Wildman–Crippen LogP) is 4.71. The molecule has 0 saturated heterocycles. The Labute approximate surface area is 196 Å². The number of rotatable bonds is 8. The number of nitrogens with zero attached hydrogens (tertiary/aromatic N) is 4. The Morgan fingerprint density at radius 1 is 1.00 bits per heavy atom. The van der Waals surface area contributed by atoms with E-state index in [0.717, 1.165) is 11.1 Å². The lowest BCUT2D eigenvalue weighted by Gasteiger charge is -2.14. The summed E-state index contributed by atoms with van der Waals surface area (Å²) < 4.78 is 2.00. The summed E-state index contributed by atoms with van der Waals surface area (Å²) in [6, 6.07) is 20.7. The van der Waals surface area contributed by atoms with E-state index in [4.69, 9.17) is 0 Å². The molecule has 33 heavy (non-hydrogen) atoms. The maximum Gasteiger partial charge on any atom is 0.237 e. The molecule has 0 saturated carbocycles. The Balaban J connectivity index is 1.54. The van der Waals surface area contributed by atoms with Gasteiger partial charge in [-0.25, -0.2) is 0 Å². The Morgan fingerprint density at radius 2 is 1.76 bits per heavy atom. The van der Waals surface area contributed by atoms with Crippen LogP contribution in [0, 0.1) is 0 Å². The van der Waals surface area contributed by atoms with Gasteiger partial charge in [-0.1, -0.05) is 42.1 Å². The van der Waals surface area contributed by atoms with E-state index < -0.39 is 5.25 Å². The molecule has 2 heterocycles. The highest BCUT2D eigenvalue weighted by Gasteiger charge is 2.21. The van der Waals surface area contributed by atoms with E-state index in [2.05, 4.69) is 20.5 Å². The summed E-state index contributed by atoms with van der Waals surface area (Å²) in [6.07, 6.45) is 3.47. The molecule has 1 N–H and O–H groups in total. The second-order valence-corrected chi connectivity index (χ2v) is 8.81. The number of nitrogens with one attached hydrogen (secondary N) is 1. The SMILES string of the molecule is CC(=O)c1ccc(NC(=O)[C@H](C)Sc2nnc(-c3cccnc3)n2Cc2ccccc2)cc1. The van der Waals surface area contributed by atoms with Gasteiger partial charge in [0.05, 0.1) is 11.8 Å². The quantitative estimate of drug-likeness (QED) is 0.304. The van der Waals surface area contributed by atoms with Crippen molar-refractivity contribution in [2.45, 2.75) is 30.8 Å². The Hall–Kier alpha value is -3.78. The average Bonchev–Trinajstić information content (AvgIpc) is 3.22. The van der Waals surface area contributed by atoms with Crippen molar-refractivity contribution in [1.29, 1.82) is 0 Å². The van der Waals surface area contributed by atoms with Crippen molar-refractivity contribution < 1.29 is 9.59 Å². The molecule has 4 aromatic rings. The Bertz CT molecular complexity index is 1240. The molecule has 2 aromatic carbocycles. The largest absolute Gasteiger partial charge is 0.325 e. The number of carbonyl (C=O) groups excluding carboxylic acids is 2. The van der Waals surface area contributed by atoms with Crippen molar-refractivity contribution >= 4 is 29.1 Å². The van der Waals surface area contributed by atoms with Crippen LogP contribution in [0.3, 0.4) is 0 Å². The van der Waals surface area contributed by atoms with Gasteiger partial charge in [0, 0.05) is 29.2 Å². The molecule has 0 unspecified atom stereocenters. The summed E-state index contributed by atoms with van der Waals surface area (Å²) in [6.45, 7) is 3.91. The first-order valence-electron chi connectivity index (χ1n) is 10.5. The summed E-state index contributed by atoms with van der Waals surface area (Å²) in [5.74, 6) is 0.522. The summed E-state index contributed by atoms with van der Waals surface area (Å²) in [5.41, 5.74) is 3.20. The van der Waals surface area contributed by atoms with Gasteiger partial charge < -0.3 is 5.32 Å². The number of thioether (sulfide) groups is 1. The van der Waals surface area contributed by atoms with Gasteiger partial charge in [0.15, 0.2) is 16.8 Å². The lowest BCUT2D eigenvalue weighted by molar-refractivity contribution is -0.115. The minimum Gasteiger partial charge on any atom is -0.325 e. The summed E-state index contributed by atoms with van der Waals surface area (Å²) in [7, 11) is 0. The van der Waals surface area contributed by atoms with E-state index in [1.165, 1.54) is 18.7 Å². The van der Waals surface area contributed by atoms with Gasteiger partial charge in [-0.05, 0) is 55.8 Å². The number of hydrogen-bond acceptors (Lipinski definition) is 6. The van der Waals surface area contributed by atoms with Gasteiger partial charge in [-0.2, -0.15) is 0 Å². The molecule has 8 heteroatoms. The highest BCUT2D eigenvalue weighted by Crippen LogP contribution is 2.28. The number of amides is 1. The molecule has 0 radical (unpaired) electrons. The molecule has 4 rings (SSSR count). The molecule has 0 spiro atoms. The fourth-order valence-electron chi connectivity index (χ4n) is 3.24. The molecule has 1 atom stereocenters. The number of aromatic nitrogens is 4. The molecule has 0 fully saturated rings.